The van der Waals surface area contributed by atoms with E-state index in [1.807, 2.05) is 12.1 Å². The smallest absolute Gasteiger partial charge is 0.164 e. The SMILES string of the molecule is CC1(C)c2ccccc2-c2c(-c3nc4nc(n3)c3cccc5oc6ccc(cc6c53)c3ccccc3c3cccc4c3)cccc21. The van der Waals surface area contributed by atoms with E-state index in [1.54, 1.807) is 0 Å². The van der Waals surface area contributed by atoms with E-state index in [0.717, 1.165) is 54.4 Å². The molecule has 4 nitrogen and oxygen atoms in total. The summed E-state index contributed by atoms with van der Waals surface area (Å²) in [5, 5.41) is 8.50. The summed E-state index contributed by atoms with van der Waals surface area (Å²) in [6.07, 6.45) is 0. The molecular weight excluding hydrogens is 562 g/mol. The summed E-state index contributed by atoms with van der Waals surface area (Å²) in [6, 6.07) is 45.0. The van der Waals surface area contributed by atoms with Gasteiger partial charge in [-0.25, -0.2) is 15.0 Å². The van der Waals surface area contributed by atoms with Crippen LogP contribution in [-0.2, 0) is 5.41 Å². The zero-order chi connectivity index (χ0) is 30.6. The molecule has 6 bridgehead atoms. The largest absolute Gasteiger partial charge is 0.456 e. The highest BCUT2D eigenvalue weighted by Gasteiger charge is 2.37. The van der Waals surface area contributed by atoms with Crippen LogP contribution in [0.1, 0.15) is 25.0 Å². The third kappa shape index (κ3) is 3.47. The number of hydrogen-bond donors (Lipinski definition) is 0. The van der Waals surface area contributed by atoms with E-state index in [4.69, 9.17) is 19.4 Å². The Morgan fingerprint density at radius 2 is 1.15 bits per heavy atom. The van der Waals surface area contributed by atoms with Gasteiger partial charge in [0.25, 0.3) is 0 Å². The standard InChI is InChI=1S/C42H27N3O/c1-42(2)33-17-6-5-14-29(33)37-30(15-8-18-34(37)42)40-43-39-26-11-7-10-24(22-26)27-12-3-4-13-28(27)25-20-21-35-32(23-25)38-31(41(44-39)45-40)16-9-19-36(38)46-35/h3-23H,1-2H3. The van der Waals surface area contributed by atoms with Crippen LogP contribution in [0.4, 0.5) is 0 Å². The molecule has 10 rings (SSSR count). The molecular formula is C42H27N3O. The van der Waals surface area contributed by atoms with Gasteiger partial charge in [0, 0.05) is 32.5 Å². The molecule has 0 fully saturated rings. The maximum Gasteiger partial charge on any atom is 0.164 e. The Kier molecular flexibility index (Phi) is 5.03. The van der Waals surface area contributed by atoms with Crippen LogP contribution in [0.3, 0.4) is 0 Å². The van der Waals surface area contributed by atoms with Crippen LogP contribution in [0.5, 0.6) is 0 Å². The molecule has 0 aliphatic heterocycles. The number of fused-ring (bicyclic) bond motifs is 13. The van der Waals surface area contributed by atoms with E-state index >= 15 is 0 Å². The average Bonchev–Trinajstić information content (AvgIpc) is 3.59. The number of hydrogen-bond acceptors (Lipinski definition) is 4. The second kappa shape index (κ2) is 9.09. The van der Waals surface area contributed by atoms with E-state index in [-0.39, 0.29) is 5.41 Å². The van der Waals surface area contributed by atoms with Crippen LogP contribution in [-0.4, -0.2) is 15.0 Å². The summed E-state index contributed by atoms with van der Waals surface area (Å²) in [5.41, 5.74) is 8.85. The van der Waals surface area contributed by atoms with Gasteiger partial charge in [0.15, 0.2) is 17.1 Å². The van der Waals surface area contributed by atoms with Crippen molar-refractivity contribution in [2.24, 2.45) is 0 Å². The first-order chi connectivity index (χ1) is 22.5. The highest BCUT2D eigenvalue weighted by Crippen LogP contribution is 2.51. The molecule has 0 N–H and O–H groups in total. The summed E-state index contributed by atoms with van der Waals surface area (Å²) < 4.78 is 6.41. The lowest BCUT2D eigenvalue weighted by molar-refractivity contribution is 0.660. The molecule has 0 unspecified atom stereocenters. The summed E-state index contributed by atoms with van der Waals surface area (Å²) in [7, 11) is 0. The zero-order valence-electron chi connectivity index (χ0n) is 25.4. The van der Waals surface area contributed by atoms with E-state index in [2.05, 4.69) is 129 Å². The Hall–Kier alpha value is -5.87. The molecule has 0 amide bonds. The van der Waals surface area contributed by atoms with Crippen LogP contribution in [0.25, 0.3) is 88.1 Å². The van der Waals surface area contributed by atoms with Crippen LogP contribution in [0, 0.1) is 0 Å². The highest BCUT2D eigenvalue weighted by molar-refractivity contribution is 6.19. The van der Waals surface area contributed by atoms with E-state index in [0.29, 0.717) is 17.1 Å². The van der Waals surface area contributed by atoms with Gasteiger partial charge in [-0.05, 0) is 68.1 Å². The fraction of sp³-hybridized carbons (Fsp3) is 0.0714. The Labute approximate surface area is 264 Å². The molecule has 9 aromatic rings. The zero-order valence-corrected chi connectivity index (χ0v) is 25.4. The normalized spacial score (nSPS) is 13.6. The Morgan fingerprint density at radius 3 is 2.04 bits per heavy atom. The van der Waals surface area contributed by atoms with E-state index < -0.39 is 0 Å². The van der Waals surface area contributed by atoms with Crippen molar-refractivity contribution >= 4 is 65.6 Å². The van der Waals surface area contributed by atoms with Gasteiger partial charge < -0.3 is 4.42 Å². The van der Waals surface area contributed by atoms with Gasteiger partial charge in [0.05, 0.1) is 0 Å². The summed E-state index contributed by atoms with van der Waals surface area (Å²) in [6.45, 7) is 4.60. The molecule has 0 atom stereocenters. The monoisotopic (exact) mass is 589 g/mol. The van der Waals surface area contributed by atoms with Crippen molar-refractivity contribution in [3.05, 3.63) is 139 Å². The van der Waals surface area contributed by atoms with Crippen molar-refractivity contribution in [3.8, 4) is 22.5 Å². The first-order valence-corrected chi connectivity index (χ1v) is 15.7. The van der Waals surface area contributed by atoms with Gasteiger partial charge in [-0.15, -0.1) is 0 Å². The van der Waals surface area contributed by atoms with Gasteiger partial charge >= 0.3 is 0 Å². The Morgan fingerprint density at radius 1 is 0.478 bits per heavy atom. The van der Waals surface area contributed by atoms with E-state index in [1.165, 1.54) is 27.6 Å². The van der Waals surface area contributed by atoms with Crippen LogP contribution in [0.15, 0.2) is 132 Å². The topological polar surface area (TPSA) is 51.8 Å². The molecule has 0 spiro atoms. The number of furan rings is 1. The molecule has 0 saturated carbocycles. The molecule has 1 aliphatic rings. The minimum Gasteiger partial charge on any atom is -0.456 e. The number of nitrogens with zero attached hydrogens (tertiary/aromatic N) is 3. The van der Waals surface area contributed by atoms with Gasteiger partial charge in [-0.1, -0.05) is 117 Å². The summed E-state index contributed by atoms with van der Waals surface area (Å²) in [4.78, 5) is 15.7. The highest BCUT2D eigenvalue weighted by atomic mass is 16.3. The summed E-state index contributed by atoms with van der Waals surface area (Å²) >= 11 is 0. The first-order valence-electron chi connectivity index (χ1n) is 15.7. The van der Waals surface area contributed by atoms with Crippen LogP contribution in [0.2, 0.25) is 0 Å². The minimum absolute atomic E-state index is 0.128. The fourth-order valence-corrected chi connectivity index (χ4v) is 7.68. The molecule has 6 aromatic carbocycles. The predicted octanol–water partition coefficient (Wildman–Crippen LogP) is 10.9. The van der Waals surface area contributed by atoms with Crippen molar-refractivity contribution in [2.75, 3.05) is 0 Å². The molecule has 4 heteroatoms. The van der Waals surface area contributed by atoms with Crippen molar-refractivity contribution in [3.63, 3.8) is 0 Å². The molecule has 1 aliphatic carbocycles. The van der Waals surface area contributed by atoms with Crippen molar-refractivity contribution < 1.29 is 4.42 Å². The average molecular weight is 590 g/mol. The third-order valence-electron chi connectivity index (χ3n) is 9.89. The fourth-order valence-electron chi connectivity index (χ4n) is 7.68. The van der Waals surface area contributed by atoms with Crippen LogP contribution >= 0.6 is 0 Å². The predicted molar refractivity (Wildman–Crippen MR) is 189 cm³/mol. The molecule has 46 heavy (non-hydrogen) atoms. The molecule has 3 heterocycles. The lowest BCUT2D eigenvalue weighted by Gasteiger charge is -2.21. The minimum atomic E-state index is -0.128. The number of rotatable bonds is 1. The quantitative estimate of drug-likeness (QED) is 0.191. The Balaban J connectivity index is 1.43. The second-order valence-corrected chi connectivity index (χ2v) is 12.8. The van der Waals surface area contributed by atoms with Gasteiger partial charge in [0.1, 0.15) is 11.2 Å². The molecule has 216 valence electrons. The van der Waals surface area contributed by atoms with Gasteiger partial charge in [-0.3, -0.25) is 0 Å². The van der Waals surface area contributed by atoms with Crippen LogP contribution < -0.4 is 0 Å². The van der Waals surface area contributed by atoms with Crippen molar-refractivity contribution in [2.45, 2.75) is 19.3 Å². The number of aromatic nitrogens is 3. The maximum absolute atomic E-state index is 6.41. The third-order valence-corrected chi connectivity index (χ3v) is 9.89. The molecule has 0 saturated heterocycles. The van der Waals surface area contributed by atoms with Gasteiger partial charge in [-0.2, -0.15) is 0 Å². The van der Waals surface area contributed by atoms with Crippen molar-refractivity contribution in [1.82, 2.24) is 15.0 Å². The molecule has 3 aromatic heterocycles. The van der Waals surface area contributed by atoms with Gasteiger partial charge in [0.2, 0.25) is 0 Å². The first kappa shape index (κ1) is 25.5. The second-order valence-electron chi connectivity index (χ2n) is 12.8. The molecule has 0 radical (unpaired) electrons. The Bertz CT molecular complexity index is 2790. The van der Waals surface area contributed by atoms with Crippen molar-refractivity contribution in [1.29, 1.82) is 0 Å². The summed E-state index contributed by atoms with van der Waals surface area (Å²) in [5.74, 6) is 0.663. The number of benzene rings is 6. The lowest BCUT2D eigenvalue weighted by Crippen LogP contribution is -2.14. The van der Waals surface area contributed by atoms with E-state index in [9.17, 15) is 0 Å². The maximum atomic E-state index is 6.41. The lowest BCUT2D eigenvalue weighted by atomic mass is 9.82.